The third-order valence-corrected chi connectivity index (χ3v) is 3.23. The molecule has 0 amide bonds. The van der Waals surface area contributed by atoms with E-state index in [9.17, 15) is 5.11 Å². The molecule has 0 aromatic heterocycles. The highest BCUT2D eigenvalue weighted by Crippen LogP contribution is 2.18. The number of hydrogen-bond donors (Lipinski definition) is 1. The predicted octanol–water partition coefficient (Wildman–Crippen LogP) is 5.15. The third kappa shape index (κ3) is 13.3. The molecular weight excluding hydrogens is 276 g/mol. The molecule has 0 aliphatic heterocycles. The van der Waals surface area contributed by atoms with Crippen molar-refractivity contribution in [3.8, 4) is 5.75 Å². The van der Waals surface area contributed by atoms with Gasteiger partial charge in [-0.1, -0.05) is 76.8 Å². The Morgan fingerprint density at radius 2 is 1.50 bits per heavy atom. The molecule has 1 rings (SSSR count). The first-order valence-corrected chi connectivity index (χ1v) is 7.90. The summed E-state index contributed by atoms with van der Waals surface area (Å²) in [5.41, 5.74) is 1.09. The molecule has 0 unspecified atom stereocenters. The van der Waals surface area contributed by atoms with E-state index in [0.717, 1.165) is 12.0 Å². The average Bonchev–Trinajstić information content (AvgIpc) is 2.49. The van der Waals surface area contributed by atoms with Gasteiger partial charge >= 0.3 is 0 Å². The lowest BCUT2D eigenvalue weighted by Gasteiger charge is -2.04. The van der Waals surface area contributed by atoms with Gasteiger partial charge in [0.05, 0.1) is 12.5 Å². The molecule has 0 heterocycles. The van der Waals surface area contributed by atoms with Crippen LogP contribution in [0.2, 0.25) is 0 Å². The van der Waals surface area contributed by atoms with Crippen molar-refractivity contribution in [3.63, 3.8) is 0 Å². The molecule has 0 saturated carbocycles. The minimum atomic E-state index is 0. The summed E-state index contributed by atoms with van der Waals surface area (Å²) in [5.74, 6) is 0.452. The molecule has 126 valence electrons. The minimum Gasteiger partial charge on any atom is -0.508 e. The molecular formula is C19H32O3. The van der Waals surface area contributed by atoms with E-state index in [1.807, 2.05) is 18.2 Å². The third-order valence-electron chi connectivity index (χ3n) is 3.23. The number of para-hydroxylation sites is 1. The Hall–Kier alpha value is -1.74. The first kappa shape index (κ1) is 22.5. The van der Waals surface area contributed by atoms with E-state index in [1.165, 1.54) is 57.5 Å². The molecule has 1 aromatic carbocycles. The lowest BCUT2D eigenvalue weighted by Crippen LogP contribution is -1.87. The molecule has 0 saturated heterocycles. The zero-order chi connectivity index (χ0) is 15.8. The number of rotatable bonds is 10. The quantitative estimate of drug-likeness (QED) is 0.480. The first-order valence-electron chi connectivity index (χ1n) is 7.90. The van der Waals surface area contributed by atoms with Crippen LogP contribution in [-0.4, -0.2) is 10.6 Å². The molecule has 3 N–H and O–H groups in total. The van der Waals surface area contributed by atoms with Crippen LogP contribution in [0.5, 0.6) is 5.75 Å². The van der Waals surface area contributed by atoms with Gasteiger partial charge in [-0.2, -0.15) is 0 Å². The molecule has 0 aliphatic carbocycles. The smallest absolute Gasteiger partial charge is 0.118 e. The highest BCUT2D eigenvalue weighted by molar-refractivity contribution is 5.31. The van der Waals surface area contributed by atoms with Gasteiger partial charge in [-0.15, -0.1) is 0 Å². The van der Waals surface area contributed by atoms with Crippen LogP contribution in [0.1, 0.15) is 57.4 Å². The topological polar surface area (TPSA) is 61.0 Å². The Kier molecular flexibility index (Phi) is 17.7. The van der Waals surface area contributed by atoms with Crippen LogP contribution in [0.4, 0.5) is 0 Å². The summed E-state index contributed by atoms with van der Waals surface area (Å²) in [6.07, 6.45) is 12.9. The monoisotopic (exact) mass is 308 g/mol. The molecule has 3 heteroatoms. The van der Waals surface area contributed by atoms with Crippen LogP contribution in [-0.2, 0) is 11.2 Å². The van der Waals surface area contributed by atoms with Crippen LogP contribution in [0.25, 0.3) is 0 Å². The molecule has 3 nitrogen and oxygen atoms in total. The highest BCUT2D eigenvalue weighted by atomic mass is 16.5. The van der Waals surface area contributed by atoms with Gasteiger partial charge in [0.15, 0.2) is 0 Å². The predicted molar refractivity (Wildman–Crippen MR) is 94.9 cm³/mol. The zero-order valence-corrected chi connectivity index (χ0v) is 13.9. The number of phenols is 1. The molecule has 0 radical (unpaired) electrons. The van der Waals surface area contributed by atoms with E-state index in [4.69, 9.17) is 0 Å². The number of ether oxygens (including phenoxy) is 1. The molecule has 0 aliphatic rings. The Morgan fingerprint density at radius 3 is 2.00 bits per heavy atom. The van der Waals surface area contributed by atoms with Crippen molar-refractivity contribution in [1.29, 1.82) is 0 Å². The fourth-order valence-corrected chi connectivity index (χ4v) is 2.06. The summed E-state index contributed by atoms with van der Waals surface area (Å²) in [7, 11) is 0. The van der Waals surface area contributed by atoms with Gasteiger partial charge in [-0.05, 0) is 24.5 Å². The van der Waals surface area contributed by atoms with E-state index in [0.29, 0.717) is 5.75 Å². The second-order valence-electron chi connectivity index (χ2n) is 4.97. The summed E-state index contributed by atoms with van der Waals surface area (Å²) >= 11 is 0. The first-order chi connectivity index (χ1) is 10.3. The fourth-order valence-electron chi connectivity index (χ4n) is 2.06. The van der Waals surface area contributed by atoms with Crippen molar-refractivity contribution < 1.29 is 15.3 Å². The SMILES string of the molecule is C=COC=C.CCCCCCCCCc1ccccc1O.O. The summed E-state index contributed by atoms with van der Waals surface area (Å²) in [6, 6.07) is 7.67. The van der Waals surface area contributed by atoms with Crippen LogP contribution in [0.3, 0.4) is 0 Å². The summed E-state index contributed by atoms with van der Waals surface area (Å²) in [6.45, 7) is 8.76. The van der Waals surface area contributed by atoms with Gasteiger partial charge in [0.1, 0.15) is 5.75 Å². The number of aromatic hydroxyl groups is 1. The second kappa shape index (κ2) is 17.3. The molecule has 0 bridgehead atoms. The molecule has 1 aromatic rings. The molecule has 0 spiro atoms. The van der Waals surface area contributed by atoms with Gasteiger partial charge in [0.2, 0.25) is 0 Å². The van der Waals surface area contributed by atoms with Gasteiger partial charge < -0.3 is 15.3 Å². The molecule has 0 atom stereocenters. The lowest BCUT2D eigenvalue weighted by atomic mass is 10.0. The van der Waals surface area contributed by atoms with Crippen molar-refractivity contribution in [2.75, 3.05) is 0 Å². The van der Waals surface area contributed by atoms with E-state index in [2.05, 4.69) is 24.8 Å². The zero-order valence-electron chi connectivity index (χ0n) is 13.9. The Balaban J connectivity index is 0. The summed E-state index contributed by atoms with van der Waals surface area (Å²) < 4.78 is 4.36. The Labute approximate surface area is 135 Å². The Morgan fingerprint density at radius 1 is 0.955 bits per heavy atom. The maximum Gasteiger partial charge on any atom is 0.118 e. The molecule has 0 fully saturated rings. The lowest BCUT2D eigenvalue weighted by molar-refractivity contribution is 0.406. The number of phenolic OH excluding ortho intramolecular Hbond substituents is 1. The van der Waals surface area contributed by atoms with Crippen LogP contribution in [0, 0.1) is 0 Å². The fraction of sp³-hybridized carbons (Fsp3) is 0.474. The summed E-state index contributed by atoms with van der Waals surface area (Å²) in [4.78, 5) is 0. The van der Waals surface area contributed by atoms with E-state index in [1.54, 1.807) is 6.07 Å². The van der Waals surface area contributed by atoms with Crippen molar-refractivity contribution in [2.45, 2.75) is 58.3 Å². The van der Waals surface area contributed by atoms with Crippen molar-refractivity contribution >= 4 is 0 Å². The van der Waals surface area contributed by atoms with Gasteiger partial charge in [0.25, 0.3) is 0 Å². The highest BCUT2D eigenvalue weighted by Gasteiger charge is 1.98. The average molecular weight is 308 g/mol. The number of aryl methyl sites for hydroxylation is 1. The van der Waals surface area contributed by atoms with Crippen molar-refractivity contribution in [1.82, 2.24) is 0 Å². The number of hydrogen-bond acceptors (Lipinski definition) is 2. The number of unbranched alkanes of at least 4 members (excludes halogenated alkanes) is 6. The molecule has 22 heavy (non-hydrogen) atoms. The van der Waals surface area contributed by atoms with Gasteiger partial charge in [-0.25, -0.2) is 0 Å². The van der Waals surface area contributed by atoms with Gasteiger partial charge in [0, 0.05) is 0 Å². The largest absolute Gasteiger partial charge is 0.508 e. The Bertz CT molecular complexity index is 369. The van der Waals surface area contributed by atoms with Gasteiger partial charge in [-0.3, -0.25) is 0 Å². The normalized spacial score (nSPS) is 8.95. The van der Waals surface area contributed by atoms with E-state index in [-0.39, 0.29) is 5.48 Å². The second-order valence-corrected chi connectivity index (χ2v) is 4.97. The maximum absolute atomic E-state index is 9.58. The van der Waals surface area contributed by atoms with E-state index < -0.39 is 0 Å². The minimum absolute atomic E-state index is 0. The van der Waals surface area contributed by atoms with Crippen LogP contribution >= 0.6 is 0 Å². The van der Waals surface area contributed by atoms with Crippen molar-refractivity contribution in [2.24, 2.45) is 0 Å². The summed E-state index contributed by atoms with van der Waals surface area (Å²) in [5, 5.41) is 9.58. The standard InChI is InChI=1S/C15H24O.C4H6O.H2O/c1-2-3-4-5-6-7-8-11-14-12-9-10-13-15(14)16;1-3-5-4-2;/h9-10,12-13,16H,2-8,11H2,1H3;3-4H,1-2H2;1H2. The number of benzene rings is 1. The maximum atomic E-state index is 9.58. The van der Waals surface area contributed by atoms with Crippen LogP contribution < -0.4 is 0 Å². The van der Waals surface area contributed by atoms with E-state index >= 15 is 0 Å². The van der Waals surface area contributed by atoms with Crippen molar-refractivity contribution in [3.05, 3.63) is 55.5 Å². The van der Waals surface area contributed by atoms with Crippen LogP contribution in [0.15, 0.2) is 49.9 Å².